The minimum atomic E-state index is -0.329. The van der Waals surface area contributed by atoms with Crippen molar-refractivity contribution in [1.29, 1.82) is 0 Å². The van der Waals surface area contributed by atoms with Gasteiger partial charge in [-0.15, -0.1) is 0 Å². The predicted molar refractivity (Wildman–Crippen MR) is 138 cm³/mol. The van der Waals surface area contributed by atoms with Crippen LogP contribution < -0.4 is 19.5 Å². The zero-order valence-corrected chi connectivity index (χ0v) is 21.8. The second-order valence-electron chi connectivity index (χ2n) is 9.71. The van der Waals surface area contributed by atoms with Gasteiger partial charge in [0.25, 0.3) is 5.88 Å². The van der Waals surface area contributed by atoms with Gasteiger partial charge in [0, 0.05) is 23.7 Å². The van der Waals surface area contributed by atoms with E-state index < -0.39 is 0 Å². The van der Waals surface area contributed by atoms with Crippen LogP contribution in [0.1, 0.15) is 57.2 Å². The summed E-state index contributed by atoms with van der Waals surface area (Å²) in [5, 5.41) is 3.71. The highest BCUT2D eigenvalue weighted by atomic mass is 19.1. The van der Waals surface area contributed by atoms with Gasteiger partial charge in [-0.1, -0.05) is 13.8 Å². The topological polar surface area (TPSA) is 87.6 Å². The minimum Gasteiger partial charge on any atom is -0.484 e. The molecule has 3 aromatic rings. The van der Waals surface area contributed by atoms with Crippen LogP contribution in [0, 0.1) is 5.82 Å². The van der Waals surface area contributed by atoms with Gasteiger partial charge in [-0.25, -0.2) is 14.4 Å². The number of hydrogen-bond donors (Lipinski definition) is 1. The molecular formula is C28H35FN4O4. The number of fused-ring (bicyclic) bond motifs is 5. The zero-order valence-electron chi connectivity index (χ0n) is 21.8. The fourth-order valence-corrected chi connectivity index (χ4v) is 5.44. The predicted octanol–water partition coefficient (Wildman–Crippen LogP) is 4.77. The van der Waals surface area contributed by atoms with Gasteiger partial charge in [-0.3, -0.25) is 4.98 Å². The summed E-state index contributed by atoms with van der Waals surface area (Å²) in [7, 11) is 1.56. The molecule has 9 heteroatoms. The van der Waals surface area contributed by atoms with Crippen molar-refractivity contribution in [3.05, 3.63) is 47.5 Å². The molecule has 3 aromatic heterocycles. The summed E-state index contributed by atoms with van der Waals surface area (Å²) >= 11 is 0. The molecule has 2 saturated heterocycles. The molecule has 3 aliphatic heterocycles. The highest BCUT2D eigenvalue weighted by Crippen LogP contribution is 2.46. The molecule has 1 saturated carbocycles. The van der Waals surface area contributed by atoms with Crippen molar-refractivity contribution in [3.63, 3.8) is 0 Å². The van der Waals surface area contributed by atoms with E-state index >= 15 is 0 Å². The number of ether oxygens (including phenoxy) is 4. The van der Waals surface area contributed by atoms with E-state index in [4.69, 9.17) is 18.9 Å². The average Bonchev–Trinajstić information content (AvgIpc) is 2.97. The van der Waals surface area contributed by atoms with Gasteiger partial charge in [-0.2, -0.15) is 0 Å². The first kappa shape index (κ1) is 25.6. The molecular weight excluding hydrogens is 475 g/mol. The van der Waals surface area contributed by atoms with Crippen LogP contribution >= 0.6 is 0 Å². The number of aromatic nitrogens is 3. The summed E-state index contributed by atoms with van der Waals surface area (Å²) in [6.45, 7) is 6.38. The van der Waals surface area contributed by atoms with Crippen LogP contribution in [0.4, 0.5) is 4.39 Å². The van der Waals surface area contributed by atoms with Crippen LogP contribution in [0.15, 0.2) is 30.5 Å². The Morgan fingerprint density at radius 2 is 1.84 bits per heavy atom. The number of nitrogens with zero attached hydrogens (tertiary/aromatic N) is 3. The van der Waals surface area contributed by atoms with E-state index in [0.29, 0.717) is 66.9 Å². The normalized spacial score (nSPS) is 23.9. The second-order valence-corrected chi connectivity index (χ2v) is 9.71. The number of rotatable bonds is 7. The number of aryl methyl sites for hydroxylation is 1. The molecule has 8 nitrogen and oxygen atoms in total. The summed E-state index contributed by atoms with van der Waals surface area (Å²) in [5.74, 6) is 1.40. The lowest BCUT2D eigenvalue weighted by Gasteiger charge is -2.53. The molecule has 37 heavy (non-hydrogen) atoms. The smallest absolute Gasteiger partial charge is 0.257 e. The lowest BCUT2D eigenvalue weighted by atomic mass is 9.69. The first-order valence-electron chi connectivity index (χ1n) is 13.2. The molecule has 0 amide bonds. The molecule has 0 unspecified atom stereocenters. The van der Waals surface area contributed by atoms with Crippen molar-refractivity contribution >= 4 is 11.0 Å². The summed E-state index contributed by atoms with van der Waals surface area (Å²) in [5.41, 5.74) is 2.46. The number of pyridine rings is 3. The quantitative estimate of drug-likeness (QED) is 0.486. The molecule has 0 aromatic carbocycles. The van der Waals surface area contributed by atoms with Crippen LogP contribution in [0.25, 0.3) is 11.0 Å². The Morgan fingerprint density at radius 3 is 2.59 bits per heavy atom. The Bertz CT molecular complexity index is 1230. The highest BCUT2D eigenvalue weighted by molar-refractivity contribution is 5.78. The van der Waals surface area contributed by atoms with E-state index in [1.165, 1.54) is 6.20 Å². The Labute approximate surface area is 216 Å². The van der Waals surface area contributed by atoms with Crippen molar-refractivity contribution in [2.24, 2.45) is 0 Å². The van der Waals surface area contributed by atoms with Gasteiger partial charge in [-0.05, 0) is 56.7 Å². The summed E-state index contributed by atoms with van der Waals surface area (Å²) in [6.07, 6.45) is 6.50. The fourth-order valence-electron chi connectivity index (χ4n) is 5.44. The molecule has 1 N–H and O–H groups in total. The van der Waals surface area contributed by atoms with E-state index in [1.54, 1.807) is 13.2 Å². The number of methoxy groups -OCH3 is 1. The monoisotopic (exact) mass is 510 g/mol. The van der Waals surface area contributed by atoms with Crippen LogP contribution in [0.3, 0.4) is 0 Å². The largest absolute Gasteiger partial charge is 0.484 e. The fraction of sp³-hybridized carbons (Fsp3) is 0.536. The van der Waals surface area contributed by atoms with E-state index in [1.807, 2.05) is 32.0 Å². The average molecular weight is 511 g/mol. The van der Waals surface area contributed by atoms with E-state index in [0.717, 1.165) is 37.8 Å². The van der Waals surface area contributed by atoms with Crippen LogP contribution in [0.5, 0.6) is 17.5 Å². The van der Waals surface area contributed by atoms with Crippen LogP contribution in [0.2, 0.25) is 0 Å². The molecule has 7 rings (SSSR count). The second kappa shape index (κ2) is 10.8. The molecule has 3 fully saturated rings. The number of halogens is 1. The van der Waals surface area contributed by atoms with Gasteiger partial charge < -0.3 is 24.3 Å². The summed E-state index contributed by atoms with van der Waals surface area (Å²) in [6, 6.07) is 7.46. The van der Waals surface area contributed by atoms with Crippen LogP contribution in [-0.2, 0) is 17.7 Å². The lowest BCUT2D eigenvalue weighted by Crippen LogP contribution is -2.61. The maximum Gasteiger partial charge on any atom is 0.257 e. The van der Waals surface area contributed by atoms with Crippen molar-refractivity contribution in [2.75, 3.05) is 26.9 Å². The third-order valence-corrected chi connectivity index (χ3v) is 7.66. The molecule has 2 bridgehead atoms. The van der Waals surface area contributed by atoms with Gasteiger partial charge in [0.15, 0.2) is 5.75 Å². The number of nitrogens with one attached hydrogen (secondary N) is 1. The third kappa shape index (κ3) is 5.20. The lowest BCUT2D eigenvalue weighted by molar-refractivity contribution is -0.165. The van der Waals surface area contributed by atoms with Crippen molar-refractivity contribution in [2.45, 2.75) is 70.1 Å². The maximum absolute atomic E-state index is 14.8. The van der Waals surface area contributed by atoms with Gasteiger partial charge in [0.2, 0.25) is 5.88 Å². The van der Waals surface area contributed by atoms with Crippen molar-refractivity contribution in [1.82, 2.24) is 20.3 Å². The summed E-state index contributed by atoms with van der Waals surface area (Å²) < 4.78 is 37.6. The minimum absolute atomic E-state index is 0.0553. The van der Waals surface area contributed by atoms with Crippen molar-refractivity contribution in [3.8, 4) is 17.5 Å². The Kier molecular flexibility index (Phi) is 7.44. The first-order valence-corrected chi connectivity index (χ1v) is 13.2. The maximum atomic E-state index is 14.8. The standard InChI is InChI=1S/C26H29FN4O4.C2H6/c1-32-22-5-3-20-23(31-22)18(19(27)15-28-20)6-7-26-10-8-25(9-11-26,16-35-26)29-14-17-2-4-21-24(30-17)34-13-12-33-21;1-2/h2-5,15,29H,6-14,16H2,1H3;1-2H3. The Balaban J connectivity index is 0.00000137. The molecule has 0 radical (unpaired) electrons. The summed E-state index contributed by atoms with van der Waals surface area (Å²) in [4.78, 5) is 13.2. The zero-order chi connectivity index (χ0) is 25.9. The van der Waals surface area contributed by atoms with E-state index in [-0.39, 0.29) is 17.0 Å². The molecule has 0 spiro atoms. The van der Waals surface area contributed by atoms with Crippen LogP contribution in [-0.4, -0.2) is 53.0 Å². The highest BCUT2D eigenvalue weighted by Gasteiger charge is 2.49. The third-order valence-electron chi connectivity index (χ3n) is 7.66. The molecule has 0 atom stereocenters. The first-order chi connectivity index (χ1) is 18.1. The molecule has 4 aliphatic rings. The van der Waals surface area contributed by atoms with E-state index in [2.05, 4.69) is 20.3 Å². The molecule has 198 valence electrons. The van der Waals surface area contributed by atoms with E-state index in [9.17, 15) is 4.39 Å². The molecule has 6 heterocycles. The van der Waals surface area contributed by atoms with Gasteiger partial charge in [0.1, 0.15) is 19.0 Å². The number of hydrogen-bond acceptors (Lipinski definition) is 8. The molecule has 1 aliphatic carbocycles. The SMILES string of the molecule is CC.COc1ccc2ncc(F)c(CCC34CCC(NCc5ccc6c(n5)OCCO6)(CC3)CO4)c2n1. The Morgan fingerprint density at radius 1 is 1.03 bits per heavy atom. The van der Waals surface area contributed by atoms with Gasteiger partial charge in [0.05, 0.1) is 42.2 Å². The van der Waals surface area contributed by atoms with Crippen molar-refractivity contribution < 1.29 is 23.3 Å². The Hall–Kier alpha value is -3.04. The van der Waals surface area contributed by atoms with Gasteiger partial charge >= 0.3 is 0 Å².